The van der Waals surface area contributed by atoms with Gasteiger partial charge in [-0.2, -0.15) is 0 Å². The molecular formula is C13H8BrNO. The highest BCUT2D eigenvalue weighted by molar-refractivity contribution is 9.10. The molecule has 1 aliphatic carbocycles. The Bertz CT molecular complexity index is 619. The molecule has 0 saturated carbocycles. The largest absolute Gasteiger partial charge is 0.397 e. The van der Waals surface area contributed by atoms with E-state index in [1.165, 1.54) is 0 Å². The molecule has 2 aromatic carbocycles. The summed E-state index contributed by atoms with van der Waals surface area (Å²) in [6.07, 6.45) is 0. The molecule has 0 aromatic heterocycles. The van der Waals surface area contributed by atoms with Crippen molar-refractivity contribution in [3.8, 4) is 11.1 Å². The van der Waals surface area contributed by atoms with Crippen LogP contribution in [0.3, 0.4) is 0 Å². The predicted octanol–water partition coefficient (Wildman–Crippen LogP) is 3.24. The van der Waals surface area contributed by atoms with Crippen LogP contribution >= 0.6 is 15.9 Å². The molecule has 0 aliphatic heterocycles. The number of rotatable bonds is 0. The molecule has 0 spiro atoms. The predicted molar refractivity (Wildman–Crippen MR) is 67.4 cm³/mol. The van der Waals surface area contributed by atoms with Gasteiger partial charge in [0.05, 0.1) is 5.69 Å². The van der Waals surface area contributed by atoms with Gasteiger partial charge in [-0.15, -0.1) is 0 Å². The van der Waals surface area contributed by atoms with Gasteiger partial charge in [-0.05, 0) is 33.6 Å². The Morgan fingerprint density at radius 3 is 2.38 bits per heavy atom. The lowest BCUT2D eigenvalue weighted by atomic mass is 10.0. The van der Waals surface area contributed by atoms with Crippen LogP contribution in [0.4, 0.5) is 5.69 Å². The van der Waals surface area contributed by atoms with Crippen LogP contribution in [0.15, 0.2) is 40.9 Å². The first-order chi connectivity index (χ1) is 7.70. The standard InChI is InChI=1S/C13H8BrNO/c14-10-6-5-9-11(12(10)15)7-3-1-2-4-8(7)13(9)16/h1-6H,15H2. The van der Waals surface area contributed by atoms with Crippen LogP contribution in [0, 0.1) is 0 Å². The summed E-state index contributed by atoms with van der Waals surface area (Å²) in [5.74, 6) is 0.0600. The van der Waals surface area contributed by atoms with Crippen molar-refractivity contribution in [2.75, 3.05) is 5.73 Å². The smallest absolute Gasteiger partial charge is 0.194 e. The number of hydrogen-bond donors (Lipinski definition) is 1. The molecule has 78 valence electrons. The Kier molecular flexibility index (Phi) is 1.91. The zero-order valence-electron chi connectivity index (χ0n) is 8.33. The third kappa shape index (κ3) is 1.09. The van der Waals surface area contributed by atoms with Gasteiger partial charge >= 0.3 is 0 Å². The number of fused-ring (bicyclic) bond motifs is 3. The topological polar surface area (TPSA) is 43.1 Å². The van der Waals surface area contributed by atoms with Gasteiger partial charge in [0.2, 0.25) is 0 Å². The van der Waals surface area contributed by atoms with E-state index in [0.717, 1.165) is 21.2 Å². The van der Waals surface area contributed by atoms with Gasteiger partial charge in [0.25, 0.3) is 0 Å². The van der Waals surface area contributed by atoms with Gasteiger partial charge in [-0.25, -0.2) is 0 Å². The van der Waals surface area contributed by atoms with Crippen molar-refractivity contribution in [3.63, 3.8) is 0 Å². The maximum absolute atomic E-state index is 12.1. The van der Waals surface area contributed by atoms with Crippen LogP contribution in [0.2, 0.25) is 0 Å². The van der Waals surface area contributed by atoms with Crippen LogP contribution in [-0.4, -0.2) is 5.78 Å². The summed E-state index contributed by atoms with van der Waals surface area (Å²) in [4.78, 5) is 12.1. The van der Waals surface area contributed by atoms with Crippen molar-refractivity contribution in [3.05, 3.63) is 52.0 Å². The van der Waals surface area contributed by atoms with Crippen molar-refractivity contribution in [2.24, 2.45) is 0 Å². The number of halogens is 1. The van der Waals surface area contributed by atoms with Crippen LogP contribution < -0.4 is 5.73 Å². The quantitative estimate of drug-likeness (QED) is 0.639. The second-order valence-corrected chi connectivity index (χ2v) is 4.61. The zero-order chi connectivity index (χ0) is 11.3. The second kappa shape index (κ2) is 3.19. The molecule has 0 radical (unpaired) electrons. The second-order valence-electron chi connectivity index (χ2n) is 3.76. The van der Waals surface area contributed by atoms with E-state index in [0.29, 0.717) is 11.3 Å². The first kappa shape index (κ1) is 9.60. The minimum Gasteiger partial charge on any atom is -0.397 e. The number of nitrogens with two attached hydrogens (primary N) is 1. The Morgan fingerprint density at radius 1 is 0.938 bits per heavy atom. The summed E-state index contributed by atoms with van der Waals surface area (Å²) in [6.45, 7) is 0. The lowest BCUT2D eigenvalue weighted by Gasteiger charge is -2.05. The van der Waals surface area contributed by atoms with Gasteiger partial charge in [0.15, 0.2) is 5.78 Å². The van der Waals surface area contributed by atoms with Crippen molar-refractivity contribution < 1.29 is 4.79 Å². The number of anilines is 1. The highest BCUT2D eigenvalue weighted by Gasteiger charge is 2.28. The summed E-state index contributed by atoms with van der Waals surface area (Å²) in [6, 6.07) is 11.2. The summed E-state index contributed by atoms with van der Waals surface area (Å²) in [5.41, 5.74) is 9.87. The van der Waals surface area contributed by atoms with Crippen molar-refractivity contribution in [1.82, 2.24) is 0 Å². The van der Waals surface area contributed by atoms with Gasteiger partial charge in [0.1, 0.15) is 0 Å². The van der Waals surface area contributed by atoms with E-state index >= 15 is 0 Å². The summed E-state index contributed by atoms with van der Waals surface area (Å²) < 4.78 is 0.829. The molecule has 0 bridgehead atoms. The first-order valence-electron chi connectivity index (χ1n) is 4.92. The molecule has 2 nitrogen and oxygen atoms in total. The fourth-order valence-electron chi connectivity index (χ4n) is 2.12. The monoisotopic (exact) mass is 273 g/mol. The molecular weight excluding hydrogens is 266 g/mol. The Balaban J connectivity index is 2.44. The van der Waals surface area contributed by atoms with Crippen molar-refractivity contribution in [1.29, 1.82) is 0 Å². The Labute approximate surface area is 101 Å². The molecule has 16 heavy (non-hydrogen) atoms. The number of benzene rings is 2. The van der Waals surface area contributed by atoms with E-state index in [1.54, 1.807) is 0 Å². The third-order valence-corrected chi connectivity index (χ3v) is 3.57. The molecule has 0 heterocycles. The maximum atomic E-state index is 12.1. The lowest BCUT2D eigenvalue weighted by molar-refractivity contribution is 0.104. The van der Waals surface area contributed by atoms with E-state index in [-0.39, 0.29) is 5.78 Å². The molecule has 0 unspecified atom stereocenters. The van der Waals surface area contributed by atoms with Crippen LogP contribution in [-0.2, 0) is 0 Å². The SMILES string of the molecule is Nc1c(Br)ccc2c1-c1ccccc1C2=O. The molecule has 0 amide bonds. The van der Waals surface area contributed by atoms with Crippen LogP contribution in [0.25, 0.3) is 11.1 Å². The van der Waals surface area contributed by atoms with E-state index in [9.17, 15) is 4.79 Å². The number of ketones is 1. The number of hydrogen-bond acceptors (Lipinski definition) is 2. The van der Waals surface area contributed by atoms with E-state index < -0.39 is 0 Å². The fraction of sp³-hybridized carbons (Fsp3) is 0. The van der Waals surface area contributed by atoms with Gasteiger partial charge < -0.3 is 5.73 Å². The van der Waals surface area contributed by atoms with E-state index in [4.69, 9.17) is 5.73 Å². The zero-order valence-corrected chi connectivity index (χ0v) is 9.91. The Morgan fingerprint density at radius 2 is 1.62 bits per heavy atom. The van der Waals surface area contributed by atoms with Crippen LogP contribution in [0.1, 0.15) is 15.9 Å². The summed E-state index contributed by atoms with van der Waals surface area (Å²) in [7, 11) is 0. The molecule has 1 aliphatic rings. The molecule has 0 atom stereocenters. The normalized spacial score (nSPS) is 12.4. The summed E-state index contributed by atoms with van der Waals surface area (Å²) in [5, 5.41) is 0. The molecule has 0 fully saturated rings. The van der Waals surface area contributed by atoms with E-state index in [2.05, 4.69) is 15.9 Å². The average Bonchev–Trinajstić information content (AvgIpc) is 2.59. The van der Waals surface area contributed by atoms with Gasteiger partial charge in [0, 0.05) is 21.2 Å². The van der Waals surface area contributed by atoms with Crippen molar-refractivity contribution in [2.45, 2.75) is 0 Å². The molecule has 2 aromatic rings. The fourth-order valence-corrected chi connectivity index (χ4v) is 2.45. The molecule has 0 saturated heterocycles. The summed E-state index contributed by atoms with van der Waals surface area (Å²) >= 11 is 3.38. The molecule has 3 rings (SSSR count). The Hall–Kier alpha value is -1.61. The van der Waals surface area contributed by atoms with Gasteiger partial charge in [-0.3, -0.25) is 4.79 Å². The van der Waals surface area contributed by atoms with Crippen molar-refractivity contribution >= 4 is 27.4 Å². The average molecular weight is 274 g/mol. The minimum absolute atomic E-state index is 0.0600. The van der Waals surface area contributed by atoms with Gasteiger partial charge in [-0.1, -0.05) is 24.3 Å². The lowest BCUT2D eigenvalue weighted by Crippen LogP contribution is -1.96. The number of carbonyl (C=O) groups is 1. The highest BCUT2D eigenvalue weighted by Crippen LogP contribution is 2.42. The molecule has 2 N–H and O–H groups in total. The minimum atomic E-state index is 0.0600. The van der Waals surface area contributed by atoms with E-state index in [1.807, 2.05) is 36.4 Å². The number of nitrogen functional groups attached to an aromatic ring is 1. The first-order valence-corrected chi connectivity index (χ1v) is 5.71. The molecule has 3 heteroatoms. The highest BCUT2D eigenvalue weighted by atomic mass is 79.9. The maximum Gasteiger partial charge on any atom is 0.194 e. The third-order valence-electron chi connectivity index (χ3n) is 2.88. The van der Waals surface area contributed by atoms with Crippen LogP contribution in [0.5, 0.6) is 0 Å². The number of carbonyl (C=O) groups excluding carboxylic acids is 1.